The molecule has 0 spiro atoms. The van der Waals surface area contributed by atoms with Crippen molar-refractivity contribution in [1.29, 1.82) is 0 Å². The number of rotatable bonds is 5. The molecule has 2 saturated heterocycles. The van der Waals surface area contributed by atoms with E-state index >= 15 is 0 Å². The van der Waals surface area contributed by atoms with E-state index in [1.165, 1.54) is 38.8 Å². The molecule has 0 saturated carbocycles. The van der Waals surface area contributed by atoms with Crippen molar-refractivity contribution in [3.8, 4) is 0 Å². The van der Waals surface area contributed by atoms with Crippen molar-refractivity contribution < 1.29 is 0 Å². The fraction of sp³-hybridized carbons (Fsp3) is 0.750. The number of fused-ring (bicyclic) bond motifs is 1. The maximum absolute atomic E-state index is 4.64. The van der Waals surface area contributed by atoms with Crippen LogP contribution in [-0.4, -0.2) is 46.6 Å². The maximum Gasteiger partial charge on any atom is 0.224 e. The van der Waals surface area contributed by atoms with Crippen LogP contribution in [-0.2, 0) is 0 Å². The van der Waals surface area contributed by atoms with Gasteiger partial charge < -0.3 is 15.5 Å². The van der Waals surface area contributed by atoms with Crippen molar-refractivity contribution in [3.63, 3.8) is 0 Å². The molecule has 3 heterocycles. The summed E-state index contributed by atoms with van der Waals surface area (Å²) in [6.07, 6.45) is 8.20. The minimum Gasteiger partial charge on any atom is -0.367 e. The van der Waals surface area contributed by atoms with Gasteiger partial charge in [-0.2, -0.15) is 4.98 Å². The fourth-order valence-electron chi connectivity index (χ4n) is 3.46. The topological polar surface area (TPSA) is 53.1 Å². The highest BCUT2D eigenvalue weighted by Gasteiger charge is 2.31. The van der Waals surface area contributed by atoms with E-state index in [0.717, 1.165) is 36.3 Å². The standard InChI is InChI=1S/C16H27N5/c1-3-7-17-16-18-11-12(2)15(20-16)19-13-6-9-21-8-4-5-14(21)10-13/h11,13-14H,3-10H2,1-2H3,(H2,17,18,19,20). The molecule has 2 unspecified atom stereocenters. The predicted molar refractivity (Wildman–Crippen MR) is 86.8 cm³/mol. The summed E-state index contributed by atoms with van der Waals surface area (Å²) in [7, 11) is 0. The van der Waals surface area contributed by atoms with Crippen molar-refractivity contribution in [2.45, 2.75) is 58.0 Å². The minimum absolute atomic E-state index is 0.553. The average Bonchev–Trinajstić information content (AvgIpc) is 2.95. The van der Waals surface area contributed by atoms with E-state index in [1.54, 1.807) is 0 Å². The molecule has 2 aliphatic heterocycles. The highest BCUT2D eigenvalue weighted by molar-refractivity contribution is 5.47. The lowest BCUT2D eigenvalue weighted by molar-refractivity contribution is 0.188. The Morgan fingerprint density at radius 3 is 3.10 bits per heavy atom. The molecule has 21 heavy (non-hydrogen) atoms. The summed E-state index contributed by atoms with van der Waals surface area (Å²) < 4.78 is 0. The number of hydrogen-bond acceptors (Lipinski definition) is 5. The smallest absolute Gasteiger partial charge is 0.224 e. The third kappa shape index (κ3) is 3.46. The van der Waals surface area contributed by atoms with E-state index in [0.29, 0.717) is 6.04 Å². The summed E-state index contributed by atoms with van der Waals surface area (Å²) in [6, 6.07) is 1.34. The lowest BCUT2D eigenvalue weighted by Gasteiger charge is -2.35. The quantitative estimate of drug-likeness (QED) is 0.873. The molecule has 2 aliphatic rings. The Hall–Kier alpha value is -1.36. The van der Waals surface area contributed by atoms with Crippen LogP contribution in [0.3, 0.4) is 0 Å². The van der Waals surface area contributed by atoms with Crippen molar-refractivity contribution in [1.82, 2.24) is 14.9 Å². The SMILES string of the molecule is CCCNc1ncc(C)c(NC2CCN3CCCC3C2)n1. The molecule has 1 aromatic rings. The Kier molecular flexibility index (Phi) is 4.58. The summed E-state index contributed by atoms with van der Waals surface area (Å²) in [6.45, 7) is 7.68. The van der Waals surface area contributed by atoms with Gasteiger partial charge in [0.15, 0.2) is 0 Å². The van der Waals surface area contributed by atoms with E-state index in [4.69, 9.17) is 0 Å². The Morgan fingerprint density at radius 2 is 2.24 bits per heavy atom. The van der Waals surface area contributed by atoms with Crippen molar-refractivity contribution in [2.24, 2.45) is 0 Å². The molecule has 2 fully saturated rings. The molecule has 5 nitrogen and oxygen atoms in total. The number of hydrogen-bond donors (Lipinski definition) is 2. The van der Waals surface area contributed by atoms with Crippen LogP contribution in [0.2, 0.25) is 0 Å². The van der Waals surface area contributed by atoms with Gasteiger partial charge in [-0.05, 0) is 45.6 Å². The molecule has 0 aromatic carbocycles. The van der Waals surface area contributed by atoms with Crippen LogP contribution >= 0.6 is 0 Å². The van der Waals surface area contributed by atoms with Crippen molar-refractivity contribution >= 4 is 11.8 Å². The van der Waals surface area contributed by atoms with Gasteiger partial charge in [0.25, 0.3) is 0 Å². The van der Waals surface area contributed by atoms with Crippen LogP contribution in [0.4, 0.5) is 11.8 Å². The number of aromatic nitrogens is 2. The number of nitrogens with zero attached hydrogens (tertiary/aromatic N) is 3. The monoisotopic (exact) mass is 289 g/mol. The van der Waals surface area contributed by atoms with Crippen molar-refractivity contribution in [2.75, 3.05) is 30.3 Å². The zero-order valence-electron chi connectivity index (χ0n) is 13.2. The predicted octanol–water partition coefficient (Wildman–Crippen LogP) is 2.65. The third-order valence-electron chi connectivity index (χ3n) is 4.67. The molecule has 2 atom stereocenters. The van der Waals surface area contributed by atoms with Gasteiger partial charge in [-0.1, -0.05) is 6.92 Å². The van der Waals surface area contributed by atoms with Crippen LogP contribution < -0.4 is 10.6 Å². The van der Waals surface area contributed by atoms with Gasteiger partial charge >= 0.3 is 0 Å². The molecule has 0 radical (unpaired) electrons. The van der Waals surface area contributed by atoms with Crippen LogP contribution in [0.5, 0.6) is 0 Å². The van der Waals surface area contributed by atoms with Crippen molar-refractivity contribution in [3.05, 3.63) is 11.8 Å². The highest BCUT2D eigenvalue weighted by Crippen LogP contribution is 2.28. The van der Waals surface area contributed by atoms with Gasteiger partial charge in [-0.25, -0.2) is 4.98 Å². The first kappa shape index (κ1) is 14.6. The summed E-state index contributed by atoms with van der Waals surface area (Å²) in [5, 5.41) is 6.93. The molecular formula is C16H27N5. The summed E-state index contributed by atoms with van der Waals surface area (Å²) in [5.74, 6) is 1.74. The van der Waals surface area contributed by atoms with Gasteiger partial charge in [-0.15, -0.1) is 0 Å². The van der Waals surface area contributed by atoms with E-state index in [-0.39, 0.29) is 0 Å². The van der Waals surface area contributed by atoms with Crippen LogP contribution in [0, 0.1) is 6.92 Å². The van der Waals surface area contributed by atoms with Crippen LogP contribution in [0.25, 0.3) is 0 Å². The molecule has 0 aliphatic carbocycles. The molecule has 0 bridgehead atoms. The molecule has 0 amide bonds. The van der Waals surface area contributed by atoms with E-state index in [1.807, 2.05) is 6.20 Å². The molecule has 3 rings (SSSR count). The molecule has 5 heteroatoms. The number of nitrogens with one attached hydrogen (secondary N) is 2. The lowest BCUT2D eigenvalue weighted by Crippen LogP contribution is -2.43. The first-order valence-corrected chi connectivity index (χ1v) is 8.34. The Balaban J connectivity index is 1.63. The average molecular weight is 289 g/mol. The zero-order valence-corrected chi connectivity index (χ0v) is 13.2. The zero-order chi connectivity index (χ0) is 14.7. The number of anilines is 2. The van der Waals surface area contributed by atoms with E-state index in [9.17, 15) is 0 Å². The number of piperidine rings is 1. The first-order chi connectivity index (χ1) is 10.3. The van der Waals surface area contributed by atoms with Gasteiger partial charge in [0.2, 0.25) is 5.95 Å². The molecule has 116 valence electrons. The van der Waals surface area contributed by atoms with E-state index < -0.39 is 0 Å². The Bertz CT molecular complexity index is 476. The summed E-state index contributed by atoms with van der Waals surface area (Å²) >= 11 is 0. The summed E-state index contributed by atoms with van der Waals surface area (Å²) in [4.78, 5) is 11.6. The second-order valence-electron chi connectivity index (χ2n) is 6.35. The second kappa shape index (κ2) is 6.60. The van der Waals surface area contributed by atoms with E-state index in [2.05, 4.69) is 39.3 Å². The van der Waals surface area contributed by atoms with Gasteiger partial charge in [-0.3, -0.25) is 0 Å². The lowest BCUT2D eigenvalue weighted by atomic mass is 9.97. The second-order valence-corrected chi connectivity index (χ2v) is 6.35. The largest absolute Gasteiger partial charge is 0.367 e. The molecule has 2 N–H and O–H groups in total. The summed E-state index contributed by atoms with van der Waals surface area (Å²) in [5.41, 5.74) is 1.13. The van der Waals surface area contributed by atoms with Crippen LogP contribution in [0.15, 0.2) is 6.20 Å². The molecule has 1 aromatic heterocycles. The number of aryl methyl sites for hydroxylation is 1. The third-order valence-corrected chi connectivity index (χ3v) is 4.67. The maximum atomic E-state index is 4.64. The highest BCUT2D eigenvalue weighted by atomic mass is 15.2. The minimum atomic E-state index is 0.553. The Labute approximate surface area is 127 Å². The first-order valence-electron chi connectivity index (χ1n) is 8.34. The van der Waals surface area contributed by atoms with Crippen LogP contribution in [0.1, 0.15) is 44.6 Å². The fourth-order valence-corrected chi connectivity index (χ4v) is 3.46. The van der Waals surface area contributed by atoms with Gasteiger partial charge in [0.05, 0.1) is 0 Å². The molecular weight excluding hydrogens is 262 g/mol. The van der Waals surface area contributed by atoms with Gasteiger partial charge in [0.1, 0.15) is 5.82 Å². The normalized spacial score (nSPS) is 25.6. The van der Waals surface area contributed by atoms with Gasteiger partial charge in [0, 0.05) is 36.9 Å². The Morgan fingerprint density at radius 1 is 1.33 bits per heavy atom.